The minimum atomic E-state index is -4.57. The molecule has 4 N–H and O–H groups in total. The van der Waals surface area contributed by atoms with Gasteiger partial charge in [0, 0.05) is 24.5 Å². The second kappa shape index (κ2) is 10.3. The van der Waals surface area contributed by atoms with E-state index in [-0.39, 0.29) is 41.4 Å². The Morgan fingerprint density at radius 1 is 1.19 bits per heavy atom. The molecule has 2 aromatic carbocycles. The van der Waals surface area contributed by atoms with E-state index in [4.69, 9.17) is 10.5 Å². The van der Waals surface area contributed by atoms with E-state index in [1.807, 2.05) is 0 Å². The number of nitrogens with two attached hydrogens (primary N) is 1. The first-order valence-corrected chi connectivity index (χ1v) is 12.7. The van der Waals surface area contributed by atoms with Gasteiger partial charge >= 0.3 is 6.18 Å². The number of alkyl halides is 3. The van der Waals surface area contributed by atoms with Crippen molar-refractivity contribution in [1.29, 1.82) is 5.26 Å². The summed E-state index contributed by atoms with van der Waals surface area (Å²) in [5.41, 5.74) is 7.79. The van der Waals surface area contributed by atoms with E-state index in [1.54, 1.807) is 41.9 Å². The van der Waals surface area contributed by atoms with Gasteiger partial charge in [-0.1, -0.05) is 24.8 Å². The minimum absolute atomic E-state index is 0.0522. The van der Waals surface area contributed by atoms with E-state index in [1.165, 1.54) is 25.4 Å². The highest BCUT2D eigenvalue weighted by Crippen LogP contribution is 2.49. The molecule has 5 rings (SSSR count). The number of carbonyl (C=O) groups is 2. The van der Waals surface area contributed by atoms with Gasteiger partial charge in [0.1, 0.15) is 23.2 Å². The maximum atomic E-state index is 13.5. The fourth-order valence-electron chi connectivity index (χ4n) is 5.04. The first-order valence-electron chi connectivity index (χ1n) is 12.7. The number of anilines is 2. The molecule has 1 aliphatic carbocycles. The van der Waals surface area contributed by atoms with Crippen LogP contribution in [0.25, 0.3) is 33.3 Å². The molecule has 1 fully saturated rings. The zero-order valence-electron chi connectivity index (χ0n) is 22.6. The Bertz CT molecular complexity index is 1800. The van der Waals surface area contributed by atoms with Gasteiger partial charge in [0.05, 0.1) is 34.8 Å². The van der Waals surface area contributed by atoms with E-state index in [0.29, 0.717) is 39.0 Å². The number of amides is 2. The molecular weight excluding hydrogens is 549 g/mol. The highest BCUT2D eigenvalue weighted by molar-refractivity contribution is 6.11. The molecule has 42 heavy (non-hydrogen) atoms. The third-order valence-electron chi connectivity index (χ3n) is 7.35. The molecule has 0 saturated heterocycles. The third kappa shape index (κ3) is 4.68. The van der Waals surface area contributed by atoms with Crippen molar-refractivity contribution in [3.8, 4) is 34.2 Å². The average Bonchev–Trinajstić information content (AvgIpc) is 3.70. The number of aryl methyl sites for hydroxylation is 1. The normalized spacial score (nSPS) is 13.7. The fourth-order valence-corrected chi connectivity index (χ4v) is 5.04. The standard InChI is InChI=1S/C30H25F3N6O3/c1-4-22(40)37-19-8-5-16(6-9-19)25-23(24-26(39(25)2)18(14-34)15-36-27(24)35)17-7-10-20(21(13-17)42-3)28(41)38-29(11-12-29)30(31,32)33/h4-10,13,15H,1,11-12H2,2-3H3,(H2,35,36)(H,37,40)(H,38,41). The summed E-state index contributed by atoms with van der Waals surface area (Å²) < 4.78 is 47.7. The highest BCUT2D eigenvalue weighted by Gasteiger charge is 2.64. The maximum Gasteiger partial charge on any atom is 0.411 e. The van der Waals surface area contributed by atoms with Gasteiger partial charge in [-0.15, -0.1) is 0 Å². The highest BCUT2D eigenvalue weighted by atomic mass is 19.4. The number of halogens is 3. The van der Waals surface area contributed by atoms with Crippen LogP contribution >= 0.6 is 0 Å². The summed E-state index contributed by atoms with van der Waals surface area (Å²) in [6.07, 6.45) is -2.42. The van der Waals surface area contributed by atoms with Crippen LogP contribution < -0.4 is 21.1 Å². The van der Waals surface area contributed by atoms with Crippen molar-refractivity contribution in [2.75, 3.05) is 18.2 Å². The van der Waals surface area contributed by atoms with Crippen LogP contribution in [0.2, 0.25) is 0 Å². The summed E-state index contributed by atoms with van der Waals surface area (Å²) in [7, 11) is 3.08. The van der Waals surface area contributed by atoms with Crippen LogP contribution in [0.4, 0.5) is 24.7 Å². The molecule has 9 nitrogen and oxygen atoms in total. The number of carbonyl (C=O) groups excluding carboxylic acids is 2. The number of methoxy groups -OCH3 is 1. The van der Waals surface area contributed by atoms with Crippen molar-refractivity contribution < 1.29 is 27.5 Å². The molecule has 0 radical (unpaired) electrons. The number of nitrogen functional groups attached to an aromatic ring is 1. The molecule has 0 unspecified atom stereocenters. The van der Waals surface area contributed by atoms with Crippen LogP contribution in [0.15, 0.2) is 61.3 Å². The Hall–Kier alpha value is -5.31. The zero-order chi connectivity index (χ0) is 30.4. The van der Waals surface area contributed by atoms with Crippen LogP contribution in [0, 0.1) is 11.3 Å². The number of hydrogen-bond donors (Lipinski definition) is 3. The molecule has 214 valence electrons. The second-order valence-corrected chi connectivity index (χ2v) is 9.89. The first kappa shape index (κ1) is 28.2. The molecule has 2 heterocycles. The predicted molar refractivity (Wildman–Crippen MR) is 152 cm³/mol. The molecule has 0 atom stereocenters. The Morgan fingerprint density at radius 3 is 2.43 bits per heavy atom. The van der Waals surface area contributed by atoms with Crippen LogP contribution in [-0.2, 0) is 11.8 Å². The average molecular weight is 575 g/mol. The van der Waals surface area contributed by atoms with Gasteiger partial charge in [-0.2, -0.15) is 18.4 Å². The summed E-state index contributed by atoms with van der Waals surface area (Å²) in [5.74, 6) is -1.07. The zero-order valence-corrected chi connectivity index (χ0v) is 22.6. The third-order valence-corrected chi connectivity index (χ3v) is 7.35. The van der Waals surface area contributed by atoms with Gasteiger partial charge < -0.3 is 25.7 Å². The fraction of sp³-hybridized carbons (Fsp3) is 0.200. The molecule has 1 aliphatic rings. The molecular formula is C30H25F3N6O3. The molecule has 2 aromatic heterocycles. The van der Waals surface area contributed by atoms with Gasteiger partial charge in [-0.05, 0) is 54.3 Å². The molecule has 4 aromatic rings. The Balaban J connectivity index is 1.67. The SMILES string of the molecule is C=CC(=O)Nc1ccc(-c2c(-c3ccc(C(=O)NC4(C(F)(F)F)CC4)c(OC)c3)c3c(N)ncc(C#N)c3n2C)cc1. The minimum Gasteiger partial charge on any atom is -0.496 e. The Morgan fingerprint density at radius 2 is 1.86 bits per heavy atom. The lowest BCUT2D eigenvalue weighted by Gasteiger charge is -2.21. The Labute approximate surface area is 238 Å². The van der Waals surface area contributed by atoms with E-state index >= 15 is 0 Å². The summed E-state index contributed by atoms with van der Waals surface area (Å²) in [6.45, 7) is 3.45. The monoisotopic (exact) mass is 574 g/mol. The summed E-state index contributed by atoms with van der Waals surface area (Å²) in [6, 6.07) is 13.6. The molecule has 2 amide bonds. The van der Waals surface area contributed by atoms with Crippen molar-refractivity contribution in [2.45, 2.75) is 24.6 Å². The number of ether oxygens (including phenoxy) is 1. The number of nitriles is 1. The van der Waals surface area contributed by atoms with Crippen LogP contribution in [-0.4, -0.2) is 40.2 Å². The summed E-state index contributed by atoms with van der Waals surface area (Å²) in [4.78, 5) is 28.9. The number of pyridine rings is 1. The molecule has 1 saturated carbocycles. The summed E-state index contributed by atoms with van der Waals surface area (Å²) >= 11 is 0. The number of nitrogens with one attached hydrogen (secondary N) is 2. The van der Waals surface area contributed by atoms with E-state index in [0.717, 1.165) is 6.08 Å². The van der Waals surface area contributed by atoms with Gasteiger partial charge in [0.25, 0.3) is 5.91 Å². The van der Waals surface area contributed by atoms with Crippen molar-refractivity contribution in [1.82, 2.24) is 14.9 Å². The van der Waals surface area contributed by atoms with Crippen molar-refractivity contribution in [3.63, 3.8) is 0 Å². The van der Waals surface area contributed by atoms with Crippen LogP contribution in [0.3, 0.4) is 0 Å². The van der Waals surface area contributed by atoms with E-state index < -0.39 is 17.6 Å². The number of hydrogen-bond acceptors (Lipinski definition) is 6. The quantitative estimate of drug-likeness (QED) is 0.256. The number of aromatic nitrogens is 2. The van der Waals surface area contributed by atoms with Gasteiger partial charge in [0.2, 0.25) is 5.91 Å². The van der Waals surface area contributed by atoms with E-state index in [9.17, 15) is 28.0 Å². The number of benzene rings is 2. The topological polar surface area (TPSA) is 135 Å². The molecule has 0 aliphatic heterocycles. The van der Waals surface area contributed by atoms with Gasteiger partial charge in [0.15, 0.2) is 0 Å². The number of nitrogens with zero attached hydrogens (tertiary/aromatic N) is 3. The lowest BCUT2D eigenvalue weighted by atomic mass is 9.96. The molecule has 0 spiro atoms. The molecule has 0 bridgehead atoms. The number of fused-ring (bicyclic) bond motifs is 1. The summed E-state index contributed by atoms with van der Waals surface area (Å²) in [5, 5.41) is 15.1. The van der Waals surface area contributed by atoms with Gasteiger partial charge in [-0.3, -0.25) is 9.59 Å². The smallest absolute Gasteiger partial charge is 0.411 e. The van der Waals surface area contributed by atoms with Crippen LogP contribution in [0.5, 0.6) is 5.75 Å². The lowest BCUT2D eigenvalue weighted by molar-refractivity contribution is -0.163. The van der Waals surface area contributed by atoms with Gasteiger partial charge in [-0.25, -0.2) is 4.98 Å². The Kier molecular flexibility index (Phi) is 6.90. The maximum absolute atomic E-state index is 13.5. The van der Waals surface area contributed by atoms with Crippen molar-refractivity contribution in [3.05, 3.63) is 72.4 Å². The van der Waals surface area contributed by atoms with Crippen molar-refractivity contribution in [2.24, 2.45) is 7.05 Å². The predicted octanol–water partition coefficient (Wildman–Crippen LogP) is 5.32. The first-order chi connectivity index (χ1) is 19.9. The second-order valence-electron chi connectivity index (χ2n) is 9.89. The van der Waals surface area contributed by atoms with Crippen LogP contribution in [0.1, 0.15) is 28.8 Å². The van der Waals surface area contributed by atoms with Crippen molar-refractivity contribution >= 4 is 34.2 Å². The lowest BCUT2D eigenvalue weighted by Crippen LogP contribution is -2.47. The largest absolute Gasteiger partial charge is 0.496 e. The molecule has 12 heteroatoms. The van der Waals surface area contributed by atoms with E-state index in [2.05, 4.69) is 28.3 Å². The number of rotatable bonds is 7.